The van der Waals surface area contributed by atoms with Gasteiger partial charge in [0.2, 0.25) is 5.89 Å². The lowest BCUT2D eigenvalue weighted by Crippen LogP contribution is -2.11. The Bertz CT molecular complexity index is 2840. The van der Waals surface area contributed by atoms with Crippen molar-refractivity contribution in [1.29, 1.82) is 0 Å². The van der Waals surface area contributed by atoms with Crippen LogP contribution in [0.4, 0.5) is 17.1 Å². The van der Waals surface area contributed by atoms with Gasteiger partial charge in [-0.15, -0.1) is 0 Å². The van der Waals surface area contributed by atoms with E-state index in [9.17, 15) is 0 Å². The highest BCUT2D eigenvalue weighted by molar-refractivity contribution is 6.17. The minimum atomic E-state index is 0.591. The van der Waals surface area contributed by atoms with Gasteiger partial charge in [-0.3, -0.25) is 0 Å². The van der Waals surface area contributed by atoms with E-state index in [0.717, 1.165) is 61.0 Å². The van der Waals surface area contributed by atoms with Crippen LogP contribution in [0.1, 0.15) is 0 Å². The third-order valence-electron chi connectivity index (χ3n) is 9.70. The second-order valence-electron chi connectivity index (χ2n) is 12.7. The Labute approximate surface area is 294 Å². The van der Waals surface area contributed by atoms with Crippen molar-refractivity contribution in [3.05, 3.63) is 182 Å². The molecule has 51 heavy (non-hydrogen) atoms. The van der Waals surface area contributed by atoms with E-state index in [-0.39, 0.29) is 0 Å². The van der Waals surface area contributed by atoms with E-state index < -0.39 is 0 Å². The molecule has 8 aromatic carbocycles. The van der Waals surface area contributed by atoms with E-state index in [2.05, 4.69) is 144 Å². The number of furan rings is 1. The summed E-state index contributed by atoms with van der Waals surface area (Å²) in [6.45, 7) is 0. The molecule has 0 aliphatic heterocycles. The van der Waals surface area contributed by atoms with Crippen molar-refractivity contribution in [2.75, 3.05) is 4.90 Å². The highest BCUT2D eigenvalue weighted by Gasteiger charge is 2.23. The summed E-state index contributed by atoms with van der Waals surface area (Å²) >= 11 is 0. The van der Waals surface area contributed by atoms with Gasteiger partial charge in [0, 0.05) is 28.1 Å². The molecule has 0 bridgehead atoms. The van der Waals surface area contributed by atoms with Crippen LogP contribution in [-0.2, 0) is 0 Å². The van der Waals surface area contributed by atoms with Gasteiger partial charge in [-0.1, -0.05) is 127 Å². The fraction of sp³-hybridized carbons (Fsp3) is 0. The lowest BCUT2D eigenvalue weighted by molar-refractivity contribution is 0.617. The predicted octanol–water partition coefficient (Wildman–Crippen LogP) is 13.4. The zero-order chi connectivity index (χ0) is 33.7. The zero-order valence-corrected chi connectivity index (χ0v) is 27.5. The molecule has 0 amide bonds. The van der Waals surface area contributed by atoms with Crippen molar-refractivity contribution < 1.29 is 8.83 Å². The van der Waals surface area contributed by atoms with E-state index in [1.54, 1.807) is 0 Å². The number of benzene rings is 8. The summed E-state index contributed by atoms with van der Waals surface area (Å²) in [5.41, 5.74) is 11.8. The fourth-order valence-corrected chi connectivity index (χ4v) is 7.31. The van der Waals surface area contributed by atoms with Crippen LogP contribution in [0.2, 0.25) is 0 Å². The molecule has 0 atom stereocenters. The first-order valence-corrected chi connectivity index (χ1v) is 17.1. The van der Waals surface area contributed by atoms with Crippen molar-refractivity contribution >= 4 is 60.9 Å². The number of anilines is 3. The topological polar surface area (TPSA) is 42.4 Å². The molecule has 0 unspecified atom stereocenters. The van der Waals surface area contributed by atoms with Crippen LogP contribution in [0.5, 0.6) is 0 Å². The largest absolute Gasteiger partial charge is 0.456 e. The monoisotopic (exact) mass is 654 g/mol. The molecular weight excluding hydrogens is 625 g/mol. The summed E-state index contributed by atoms with van der Waals surface area (Å²) in [6.07, 6.45) is 0. The minimum absolute atomic E-state index is 0.591. The molecule has 0 fully saturated rings. The summed E-state index contributed by atoms with van der Waals surface area (Å²) in [4.78, 5) is 7.27. The van der Waals surface area contributed by atoms with Crippen molar-refractivity contribution in [2.24, 2.45) is 0 Å². The number of nitrogens with zero attached hydrogens (tertiary/aromatic N) is 2. The molecule has 2 aromatic heterocycles. The quantitative estimate of drug-likeness (QED) is 0.179. The van der Waals surface area contributed by atoms with E-state index in [1.807, 2.05) is 42.5 Å². The molecule has 10 aromatic rings. The highest BCUT2D eigenvalue weighted by Crippen LogP contribution is 2.47. The second kappa shape index (κ2) is 11.9. The van der Waals surface area contributed by atoms with Crippen LogP contribution in [0.15, 0.2) is 191 Å². The maximum Gasteiger partial charge on any atom is 0.227 e. The van der Waals surface area contributed by atoms with Crippen molar-refractivity contribution in [3.8, 4) is 33.7 Å². The number of fused-ring (bicyclic) bond motifs is 5. The first kappa shape index (κ1) is 29.0. The van der Waals surface area contributed by atoms with Gasteiger partial charge in [0.15, 0.2) is 5.58 Å². The van der Waals surface area contributed by atoms with Gasteiger partial charge in [-0.25, -0.2) is 4.98 Å². The zero-order valence-electron chi connectivity index (χ0n) is 27.5. The third kappa shape index (κ3) is 4.96. The van der Waals surface area contributed by atoms with Gasteiger partial charge in [-0.05, 0) is 76.2 Å². The maximum atomic E-state index is 6.57. The molecule has 2 heterocycles. The van der Waals surface area contributed by atoms with E-state index in [1.165, 1.54) is 22.1 Å². The van der Waals surface area contributed by atoms with Crippen LogP contribution in [-0.4, -0.2) is 4.98 Å². The molecule has 4 heteroatoms. The normalized spacial score (nSPS) is 11.5. The van der Waals surface area contributed by atoms with Crippen molar-refractivity contribution in [2.45, 2.75) is 0 Å². The van der Waals surface area contributed by atoms with Crippen LogP contribution in [0.25, 0.3) is 77.5 Å². The first-order valence-electron chi connectivity index (χ1n) is 17.1. The molecule has 0 N–H and O–H groups in total. The van der Waals surface area contributed by atoms with Gasteiger partial charge in [0.05, 0.1) is 16.8 Å². The molecule has 0 spiro atoms. The van der Waals surface area contributed by atoms with Gasteiger partial charge in [0.1, 0.15) is 16.7 Å². The molecule has 0 aliphatic carbocycles. The van der Waals surface area contributed by atoms with Gasteiger partial charge < -0.3 is 13.7 Å². The summed E-state index contributed by atoms with van der Waals surface area (Å²) in [6, 6.07) is 63.5. The Hall–Kier alpha value is -6.91. The average Bonchev–Trinajstić information content (AvgIpc) is 3.79. The number of oxazole rings is 1. The Balaban J connectivity index is 1.21. The van der Waals surface area contributed by atoms with E-state index in [0.29, 0.717) is 11.5 Å². The van der Waals surface area contributed by atoms with Gasteiger partial charge >= 0.3 is 0 Å². The molecule has 10 rings (SSSR count). The van der Waals surface area contributed by atoms with Gasteiger partial charge in [-0.2, -0.15) is 0 Å². The van der Waals surface area contributed by atoms with Crippen molar-refractivity contribution in [3.63, 3.8) is 0 Å². The maximum absolute atomic E-state index is 6.57. The van der Waals surface area contributed by atoms with Crippen LogP contribution < -0.4 is 4.90 Å². The summed E-state index contributed by atoms with van der Waals surface area (Å²) in [5, 5.41) is 4.34. The first-order chi connectivity index (χ1) is 25.3. The summed E-state index contributed by atoms with van der Waals surface area (Å²) < 4.78 is 12.8. The second-order valence-corrected chi connectivity index (χ2v) is 12.7. The summed E-state index contributed by atoms with van der Waals surface area (Å²) in [5.74, 6) is 0.591. The summed E-state index contributed by atoms with van der Waals surface area (Å²) in [7, 11) is 0. The Morgan fingerprint density at radius 2 is 1.04 bits per heavy atom. The Morgan fingerprint density at radius 1 is 0.392 bits per heavy atom. The van der Waals surface area contributed by atoms with Crippen LogP contribution in [0.3, 0.4) is 0 Å². The fourth-order valence-electron chi connectivity index (χ4n) is 7.31. The highest BCUT2D eigenvalue weighted by atomic mass is 16.4. The number of aromatic nitrogens is 1. The Kier molecular flexibility index (Phi) is 6.78. The lowest BCUT2D eigenvalue weighted by atomic mass is 9.96. The SMILES string of the molecule is c1ccc(-c2ccc(N(c3ccc(-c4ccccc4)c4ccccc34)c3cccc4oc5cc6oc(-c7ccccc7)nc6cc5c34)cc2)cc1. The predicted molar refractivity (Wildman–Crippen MR) is 210 cm³/mol. The number of hydrogen-bond acceptors (Lipinski definition) is 4. The van der Waals surface area contributed by atoms with Crippen molar-refractivity contribution in [1.82, 2.24) is 4.98 Å². The third-order valence-corrected chi connectivity index (χ3v) is 9.70. The lowest BCUT2D eigenvalue weighted by Gasteiger charge is -2.28. The number of rotatable bonds is 6. The Morgan fingerprint density at radius 3 is 1.78 bits per heavy atom. The molecule has 0 aliphatic rings. The van der Waals surface area contributed by atoms with E-state index >= 15 is 0 Å². The molecule has 0 radical (unpaired) electrons. The van der Waals surface area contributed by atoms with E-state index in [4.69, 9.17) is 13.8 Å². The smallest absolute Gasteiger partial charge is 0.227 e. The molecule has 0 saturated heterocycles. The standard InChI is InChI=1S/C47H30N2O2/c1-4-13-31(14-5-1)32-23-25-35(26-24-32)49(41-28-27-36(33-15-6-2-7-16-33)37-19-10-11-20-38(37)41)42-21-12-22-43-46(42)39-29-40-45(30-44(39)50-43)51-47(48-40)34-17-8-3-9-18-34/h1-30H. The number of hydrogen-bond donors (Lipinski definition) is 0. The molecule has 4 nitrogen and oxygen atoms in total. The molecule has 0 saturated carbocycles. The average molecular weight is 655 g/mol. The van der Waals surface area contributed by atoms with Crippen LogP contribution in [0, 0.1) is 0 Å². The van der Waals surface area contributed by atoms with Crippen LogP contribution >= 0.6 is 0 Å². The molecular formula is C47H30N2O2. The minimum Gasteiger partial charge on any atom is -0.456 e. The molecule has 240 valence electrons. The van der Waals surface area contributed by atoms with Gasteiger partial charge in [0.25, 0.3) is 0 Å².